The Hall–Kier alpha value is 0.0500. The molecule has 0 aromatic rings. The van der Waals surface area contributed by atoms with Crippen LogP contribution in [0.15, 0.2) is 0 Å². The molecule has 4 heteroatoms. The van der Waals surface area contributed by atoms with E-state index < -0.39 is 5.37 Å². The van der Waals surface area contributed by atoms with Crippen LogP contribution in [0.5, 0.6) is 0 Å². The molecule has 9 heavy (non-hydrogen) atoms. The van der Waals surface area contributed by atoms with Gasteiger partial charge in [0.05, 0.1) is 0 Å². The van der Waals surface area contributed by atoms with Crippen LogP contribution in [0.1, 0.15) is 6.42 Å². The first-order chi connectivity index (χ1) is 4.18. The standard InChI is InChI=1S/C5H9Cl2NO/c1-8(5(7)9)4-2-3-6/h2-4H2,1H3. The third kappa shape index (κ3) is 4.55. The maximum atomic E-state index is 10.3. The zero-order chi connectivity index (χ0) is 7.28. The van der Waals surface area contributed by atoms with Crippen molar-refractivity contribution in [1.82, 2.24) is 4.90 Å². The van der Waals surface area contributed by atoms with Gasteiger partial charge in [-0.15, -0.1) is 11.6 Å². The van der Waals surface area contributed by atoms with Crippen molar-refractivity contribution in [3.05, 3.63) is 0 Å². The zero-order valence-electron chi connectivity index (χ0n) is 5.23. The van der Waals surface area contributed by atoms with Crippen molar-refractivity contribution in [3.63, 3.8) is 0 Å². The number of amides is 1. The number of alkyl halides is 1. The molecule has 0 bridgehead atoms. The summed E-state index contributed by atoms with van der Waals surface area (Å²) in [5.74, 6) is 0.564. The Morgan fingerprint density at radius 3 is 2.56 bits per heavy atom. The van der Waals surface area contributed by atoms with E-state index >= 15 is 0 Å². The smallest absolute Gasteiger partial charge is 0.316 e. The SMILES string of the molecule is CN(CCCCl)C(=O)Cl. The van der Waals surface area contributed by atoms with E-state index in [1.807, 2.05) is 0 Å². The lowest BCUT2D eigenvalue weighted by molar-refractivity contribution is 0.232. The van der Waals surface area contributed by atoms with Crippen LogP contribution < -0.4 is 0 Å². The molecule has 0 aromatic heterocycles. The second-order valence-electron chi connectivity index (χ2n) is 1.72. The highest BCUT2D eigenvalue weighted by Crippen LogP contribution is 1.94. The van der Waals surface area contributed by atoms with Crippen LogP contribution >= 0.6 is 23.2 Å². The van der Waals surface area contributed by atoms with Crippen molar-refractivity contribution >= 4 is 28.6 Å². The van der Waals surface area contributed by atoms with Gasteiger partial charge in [0.15, 0.2) is 0 Å². The van der Waals surface area contributed by atoms with Crippen LogP contribution in [0, 0.1) is 0 Å². The molecule has 0 saturated heterocycles. The van der Waals surface area contributed by atoms with Crippen molar-refractivity contribution in [3.8, 4) is 0 Å². The van der Waals surface area contributed by atoms with E-state index in [-0.39, 0.29) is 0 Å². The van der Waals surface area contributed by atoms with E-state index in [0.29, 0.717) is 12.4 Å². The highest BCUT2D eigenvalue weighted by molar-refractivity contribution is 6.62. The van der Waals surface area contributed by atoms with Gasteiger partial charge in [0.2, 0.25) is 0 Å². The van der Waals surface area contributed by atoms with Crippen LogP contribution in [-0.4, -0.2) is 29.7 Å². The van der Waals surface area contributed by atoms with Crippen molar-refractivity contribution in [1.29, 1.82) is 0 Å². The minimum absolute atomic E-state index is 0.430. The summed E-state index contributed by atoms with van der Waals surface area (Å²) < 4.78 is 0. The summed E-state index contributed by atoms with van der Waals surface area (Å²) in [5, 5.41) is -0.430. The lowest BCUT2D eigenvalue weighted by atomic mass is 10.5. The minimum atomic E-state index is -0.430. The predicted octanol–water partition coefficient (Wildman–Crippen LogP) is 1.91. The summed E-state index contributed by atoms with van der Waals surface area (Å²) >= 11 is 10.5. The van der Waals surface area contributed by atoms with Crippen molar-refractivity contribution < 1.29 is 4.79 Å². The van der Waals surface area contributed by atoms with Gasteiger partial charge < -0.3 is 4.90 Å². The topological polar surface area (TPSA) is 20.3 Å². The van der Waals surface area contributed by atoms with Crippen LogP contribution in [-0.2, 0) is 0 Å². The van der Waals surface area contributed by atoms with Gasteiger partial charge in [-0.25, -0.2) is 0 Å². The van der Waals surface area contributed by atoms with Gasteiger partial charge in [-0.1, -0.05) is 0 Å². The molecule has 0 aliphatic carbocycles. The summed E-state index contributed by atoms with van der Waals surface area (Å²) in [6.45, 7) is 0.631. The summed E-state index contributed by atoms with van der Waals surface area (Å²) in [6, 6.07) is 0. The molecule has 1 amide bonds. The molecule has 0 atom stereocenters. The second kappa shape index (κ2) is 4.89. The average Bonchev–Trinajstić information content (AvgIpc) is 1.82. The van der Waals surface area contributed by atoms with Crippen LogP contribution in [0.25, 0.3) is 0 Å². The molecule has 0 heterocycles. The molecule has 2 nitrogen and oxygen atoms in total. The molecular weight excluding hydrogens is 161 g/mol. The number of halogens is 2. The lowest BCUT2D eigenvalue weighted by Gasteiger charge is -2.10. The Morgan fingerprint density at radius 2 is 2.22 bits per heavy atom. The van der Waals surface area contributed by atoms with E-state index in [1.165, 1.54) is 4.90 Å². The van der Waals surface area contributed by atoms with Crippen molar-refractivity contribution in [2.45, 2.75) is 6.42 Å². The monoisotopic (exact) mass is 169 g/mol. The van der Waals surface area contributed by atoms with Crippen LogP contribution in [0.2, 0.25) is 0 Å². The highest BCUT2D eigenvalue weighted by Gasteiger charge is 2.01. The van der Waals surface area contributed by atoms with Crippen molar-refractivity contribution in [2.24, 2.45) is 0 Å². The molecular formula is C5H9Cl2NO. The van der Waals surface area contributed by atoms with E-state index in [4.69, 9.17) is 23.2 Å². The number of carbonyl (C=O) groups excluding carboxylic acids is 1. The fourth-order valence-corrected chi connectivity index (χ4v) is 0.589. The summed E-state index contributed by atoms with van der Waals surface area (Å²) in [6.07, 6.45) is 0.788. The first-order valence-corrected chi connectivity index (χ1v) is 3.56. The third-order valence-corrected chi connectivity index (χ3v) is 1.48. The minimum Gasteiger partial charge on any atom is -0.332 e. The highest BCUT2D eigenvalue weighted by atomic mass is 35.5. The molecule has 0 radical (unpaired) electrons. The first kappa shape index (κ1) is 9.05. The van der Waals surface area contributed by atoms with Gasteiger partial charge in [0, 0.05) is 19.5 Å². The quantitative estimate of drug-likeness (QED) is 0.360. The maximum Gasteiger partial charge on any atom is 0.316 e. The molecule has 0 aromatic carbocycles. The van der Waals surface area contributed by atoms with Gasteiger partial charge in [0.1, 0.15) is 0 Å². The van der Waals surface area contributed by atoms with Gasteiger partial charge >= 0.3 is 5.37 Å². The van der Waals surface area contributed by atoms with E-state index in [0.717, 1.165) is 6.42 Å². The molecule has 0 fully saturated rings. The van der Waals surface area contributed by atoms with E-state index in [2.05, 4.69) is 0 Å². The Balaban J connectivity index is 3.27. The number of nitrogens with zero attached hydrogens (tertiary/aromatic N) is 1. The Kier molecular flexibility index (Phi) is 4.91. The van der Waals surface area contributed by atoms with E-state index in [1.54, 1.807) is 7.05 Å². The Labute approximate surface area is 64.7 Å². The molecule has 0 spiro atoms. The van der Waals surface area contributed by atoms with Crippen LogP contribution in [0.3, 0.4) is 0 Å². The molecule has 54 valence electrons. The second-order valence-corrected chi connectivity index (χ2v) is 2.42. The third-order valence-electron chi connectivity index (χ3n) is 0.927. The lowest BCUT2D eigenvalue weighted by Crippen LogP contribution is -2.22. The van der Waals surface area contributed by atoms with E-state index in [9.17, 15) is 4.79 Å². The molecule has 0 saturated carbocycles. The van der Waals surface area contributed by atoms with Gasteiger partial charge in [-0.3, -0.25) is 4.79 Å². The van der Waals surface area contributed by atoms with Crippen molar-refractivity contribution in [2.75, 3.05) is 19.5 Å². The zero-order valence-corrected chi connectivity index (χ0v) is 6.74. The summed E-state index contributed by atoms with van der Waals surface area (Å²) in [7, 11) is 1.64. The van der Waals surface area contributed by atoms with Gasteiger partial charge in [0.25, 0.3) is 0 Å². The molecule has 0 unspecified atom stereocenters. The average molecular weight is 170 g/mol. The molecule has 0 rings (SSSR count). The predicted molar refractivity (Wildman–Crippen MR) is 39.2 cm³/mol. The molecule has 0 aliphatic heterocycles. The molecule has 0 N–H and O–H groups in total. The van der Waals surface area contributed by atoms with Crippen LogP contribution in [0.4, 0.5) is 4.79 Å². The van der Waals surface area contributed by atoms with Gasteiger partial charge in [-0.05, 0) is 18.0 Å². The number of rotatable bonds is 3. The first-order valence-electron chi connectivity index (χ1n) is 2.65. The fraction of sp³-hybridized carbons (Fsp3) is 0.800. The summed E-state index contributed by atoms with van der Waals surface area (Å²) in [5.41, 5.74) is 0. The van der Waals surface area contributed by atoms with Gasteiger partial charge in [-0.2, -0.15) is 0 Å². The number of hydrogen-bond acceptors (Lipinski definition) is 1. The summed E-state index contributed by atoms with van der Waals surface area (Å²) in [4.78, 5) is 11.7. The number of hydrogen-bond donors (Lipinski definition) is 0. The fourth-order valence-electron chi connectivity index (χ4n) is 0.385. The Morgan fingerprint density at radius 1 is 1.67 bits per heavy atom. The number of carbonyl (C=O) groups is 1. The molecule has 0 aliphatic rings. The maximum absolute atomic E-state index is 10.3. The largest absolute Gasteiger partial charge is 0.332 e. The normalized spacial score (nSPS) is 9.22. The Bertz CT molecular complexity index is 97.0.